The maximum absolute atomic E-state index is 11.9. The van der Waals surface area contributed by atoms with Gasteiger partial charge in [0.1, 0.15) is 0 Å². The van der Waals surface area contributed by atoms with Crippen molar-refractivity contribution in [3.63, 3.8) is 0 Å². The first-order valence-electron chi connectivity index (χ1n) is 6.59. The molecule has 2 amide bonds. The van der Waals surface area contributed by atoms with Crippen molar-refractivity contribution >= 4 is 11.9 Å². The number of rotatable bonds is 4. The average molecular weight is 256 g/mol. The van der Waals surface area contributed by atoms with Gasteiger partial charge in [-0.15, -0.1) is 0 Å². The van der Waals surface area contributed by atoms with Crippen molar-refractivity contribution in [3.05, 3.63) is 0 Å². The molecule has 0 spiro atoms. The molecule has 1 atom stereocenters. The van der Waals surface area contributed by atoms with Crippen LogP contribution in [0.15, 0.2) is 5.16 Å². The summed E-state index contributed by atoms with van der Waals surface area (Å²) in [5, 5.41) is 14.8. The Morgan fingerprint density at radius 2 is 2.11 bits per heavy atom. The monoisotopic (exact) mass is 256 g/mol. The summed E-state index contributed by atoms with van der Waals surface area (Å²) in [5.74, 6) is 0.364. The highest BCUT2D eigenvalue weighted by Crippen LogP contribution is 2.26. The molecule has 0 aromatic rings. The highest BCUT2D eigenvalue weighted by molar-refractivity contribution is 5.89. The Kier molecular flexibility index (Phi) is 5.74. The minimum absolute atomic E-state index is 0.0970. The van der Waals surface area contributed by atoms with Crippen LogP contribution in [0.3, 0.4) is 0 Å². The zero-order valence-electron chi connectivity index (χ0n) is 11.2. The quantitative estimate of drug-likeness (QED) is 0.307. The Labute approximate surface area is 108 Å². The molecule has 104 valence electrons. The van der Waals surface area contributed by atoms with Gasteiger partial charge in [-0.25, -0.2) is 4.79 Å². The van der Waals surface area contributed by atoms with Crippen molar-refractivity contribution in [2.75, 3.05) is 13.6 Å². The van der Waals surface area contributed by atoms with Gasteiger partial charge in [0.05, 0.1) is 6.04 Å². The number of hydrogen-bond acceptors (Lipinski definition) is 3. The molecule has 1 fully saturated rings. The van der Waals surface area contributed by atoms with Crippen LogP contribution in [0, 0.1) is 5.92 Å². The van der Waals surface area contributed by atoms with Gasteiger partial charge in [-0.1, -0.05) is 24.4 Å². The first-order chi connectivity index (χ1) is 8.60. The topological polar surface area (TPSA) is 91.0 Å². The molecule has 0 radical (unpaired) electrons. The molecule has 4 N–H and O–H groups in total. The molecule has 0 aliphatic heterocycles. The molecular formula is C12H24N4O2. The lowest BCUT2D eigenvalue weighted by Gasteiger charge is -2.31. The third-order valence-electron chi connectivity index (χ3n) is 3.66. The maximum atomic E-state index is 11.9. The van der Waals surface area contributed by atoms with E-state index >= 15 is 0 Å². The van der Waals surface area contributed by atoms with Gasteiger partial charge >= 0.3 is 6.03 Å². The first kappa shape index (κ1) is 14.6. The fraction of sp³-hybridized carbons (Fsp3) is 0.833. The number of oxime groups is 1. The molecule has 1 aliphatic carbocycles. The highest BCUT2D eigenvalue weighted by Gasteiger charge is 2.29. The van der Waals surface area contributed by atoms with Crippen LogP contribution in [0.25, 0.3) is 0 Å². The summed E-state index contributed by atoms with van der Waals surface area (Å²) in [4.78, 5) is 13.4. The van der Waals surface area contributed by atoms with Crippen LogP contribution in [-0.4, -0.2) is 41.6 Å². The number of carbonyl (C=O) groups excluding carboxylic acids is 1. The smallest absolute Gasteiger partial charge is 0.317 e. The van der Waals surface area contributed by atoms with Gasteiger partial charge in [-0.3, -0.25) is 0 Å². The predicted octanol–water partition coefficient (Wildman–Crippen LogP) is 1.34. The van der Waals surface area contributed by atoms with Gasteiger partial charge in [0.15, 0.2) is 5.84 Å². The van der Waals surface area contributed by atoms with E-state index in [0.717, 1.165) is 25.7 Å². The van der Waals surface area contributed by atoms with Crippen LogP contribution in [0.1, 0.15) is 39.0 Å². The molecule has 6 nitrogen and oxygen atoms in total. The number of amidine groups is 1. The Bertz CT molecular complexity index is 300. The summed E-state index contributed by atoms with van der Waals surface area (Å²) in [6.45, 7) is 2.53. The Morgan fingerprint density at radius 3 is 2.61 bits per heavy atom. The largest absolute Gasteiger partial charge is 0.409 e. The zero-order chi connectivity index (χ0) is 13.5. The minimum Gasteiger partial charge on any atom is -0.409 e. The minimum atomic E-state index is -0.364. The van der Waals surface area contributed by atoms with E-state index in [9.17, 15) is 4.79 Å². The van der Waals surface area contributed by atoms with E-state index in [-0.39, 0.29) is 23.8 Å². The second-order valence-corrected chi connectivity index (χ2v) is 4.86. The van der Waals surface area contributed by atoms with E-state index in [1.807, 2.05) is 6.92 Å². The van der Waals surface area contributed by atoms with Crippen molar-refractivity contribution in [1.82, 2.24) is 10.2 Å². The van der Waals surface area contributed by atoms with E-state index < -0.39 is 0 Å². The van der Waals surface area contributed by atoms with Crippen LogP contribution in [0.2, 0.25) is 0 Å². The molecule has 1 unspecified atom stereocenters. The molecule has 0 bridgehead atoms. The molecule has 0 aromatic heterocycles. The second-order valence-electron chi connectivity index (χ2n) is 4.86. The third-order valence-corrected chi connectivity index (χ3v) is 3.66. The van der Waals surface area contributed by atoms with Gasteiger partial charge in [-0.05, 0) is 25.7 Å². The summed E-state index contributed by atoms with van der Waals surface area (Å²) >= 11 is 0. The van der Waals surface area contributed by atoms with E-state index in [1.165, 1.54) is 6.42 Å². The lowest BCUT2D eigenvalue weighted by atomic mass is 9.83. The maximum Gasteiger partial charge on any atom is 0.317 e. The van der Waals surface area contributed by atoms with Crippen molar-refractivity contribution in [2.24, 2.45) is 16.8 Å². The highest BCUT2D eigenvalue weighted by atomic mass is 16.4. The van der Waals surface area contributed by atoms with Crippen molar-refractivity contribution < 1.29 is 10.0 Å². The van der Waals surface area contributed by atoms with Crippen molar-refractivity contribution in [2.45, 2.75) is 45.1 Å². The van der Waals surface area contributed by atoms with E-state index in [0.29, 0.717) is 6.54 Å². The number of carbonyl (C=O) groups is 1. The summed E-state index contributed by atoms with van der Waals surface area (Å²) in [6, 6.07) is -0.545. The molecule has 1 rings (SSSR count). The van der Waals surface area contributed by atoms with Gasteiger partial charge < -0.3 is 21.2 Å². The summed E-state index contributed by atoms with van der Waals surface area (Å²) in [6.07, 6.45) is 5.52. The lowest BCUT2D eigenvalue weighted by Crippen LogP contribution is -2.52. The molecule has 1 aliphatic rings. The van der Waals surface area contributed by atoms with Gasteiger partial charge in [0.25, 0.3) is 0 Å². The summed E-state index contributed by atoms with van der Waals surface area (Å²) in [7, 11) is 1.72. The number of hydrogen-bond donors (Lipinski definition) is 3. The van der Waals surface area contributed by atoms with E-state index in [1.54, 1.807) is 11.9 Å². The number of nitrogens with two attached hydrogens (primary N) is 1. The van der Waals surface area contributed by atoms with Crippen LogP contribution >= 0.6 is 0 Å². The summed E-state index contributed by atoms with van der Waals surface area (Å²) in [5.41, 5.74) is 5.70. The molecule has 0 heterocycles. The molecule has 1 saturated carbocycles. The molecule has 18 heavy (non-hydrogen) atoms. The fourth-order valence-electron chi connectivity index (χ4n) is 2.35. The molecular weight excluding hydrogens is 232 g/mol. The van der Waals surface area contributed by atoms with Crippen molar-refractivity contribution in [1.29, 1.82) is 0 Å². The molecule has 0 aromatic carbocycles. The predicted molar refractivity (Wildman–Crippen MR) is 70.6 cm³/mol. The van der Waals surface area contributed by atoms with Crippen molar-refractivity contribution in [3.8, 4) is 0 Å². The first-order valence-corrected chi connectivity index (χ1v) is 6.59. The fourth-order valence-corrected chi connectivity index (χ4v) is 2.35. The summed E-state index contributed by atoms with van der Waals surface area (Å²) < 4.78 is 0. The normalized spacial score (nSPS) is 19.3. The SMILES string of the molecule is CCN(C)C(=O)NC(C(N)=NO)C1CCCCC1. The van der Waals surface area contributed by atoms with Crippen LogP contribution in [0.4, 0.5) is 4.79 Å². The number of nitrogens with one attached hydrogen (secondary N) is 1. The third kappa shape index (κ3) is 3.78. The second kappa shape index (κ2) is 7.08. The van der Waals surface area contributed by atoms with Crippen LogP contribution in [0.5, 0.6) is 0 Å². The van der Waals surface area contributed by atoms with Gasteiger partial charge in [0.2, 0.25) is 0 Å². The molecule has 0 saturated heterocycles. The van der Waals surface area contributed by atoms with E-state index in [4.69, 9.17) is 10.9 Å². The number of amides is 2. The Balaban J connectivity index is 2.69. The van der Waals surface area contributed by atoms with Gasteiger partial charge in [0, 0.05) is 13.6 Å². The standard InChI is InChI=1S/C12H24N4O2/c1-3-16(2)12(17)14-10(11(13)15-18)9-7-5-4-6-8-9/h9-10,18H,3-8H2,1-2H3,(H2,13,15)(H,14,17). The van der Waals surface area contributed by atoms with Crippen LogP contribution < -0.4 is 11.1 Å². The zero-order valence-corrected chi connectivity index (χ0v) is 11.2. The number of nitrogens with zero attached hydrogens (tertiary/aromatic N) is 2. The average Bonchev–Trinajstić information content (AvgIpc) is 2.43. The van der Waals surface area contributed by atoms with Crippen LogP contribution in [-0.2, 0) is 0 Å². The van der Waals surface area contributed by atoms with E-state index in [2.05, 4.69) is 10.5 Å². The number of urea groups is 1. The van der Waals surface area contributed by atoms with Gasteiger partial charge in [-0.2, -0.15) is 0 Å². The Morgan fingerprint density at radius 1 is 1.50 bits per heavy atom. The molecule has 6 heteroatoms. The Hall–Kier alpha value is -1.46. The lowest BCUT2D eigenvalue weighted by molar-refractivity contribution is 0.201.